The van der Waals surface area contributed by atoms with Gasteiger partial charge in [0, 0.05) is 17.8 Å². The van der Waals surface area contributed by atoms with Gasteiger partial charge in [0.1, 0.15) is 0 Å². The van der Waals surface area contributed by atoms with Gasteiger partial charge in [0.15, 0.2) is 5.69 Å². The van der Waals surface area contributed by atoms with Crippen LogP contribution in [0, 0.1) is 6.92 Å². The summed E-state index contributed by atoms with van der Waals surface area (Å²) in [5.41, 5.74) is 1.18. The van der Waals surface area contributed by atoms with Crippen molar-refractivity contribution in [3.05, 3.63) is 58.0 Å². The number of aryl methyl sites for hydroxylation is 1. The summed E-state index contributed by atoms with van der Waals surface area (Å²) < 4.78 is 1.65. The van der Waals surface area contributed by atoms with Crippen molar-refractivity contribution in [2.45, 2.75) is 57.9 Å². The first kappa shape index (κ1) is 17.4. The highest BCUT2D eigenvalue weighted by molar-refractivity contribution is 5.92. The summed E-state index contributed by atoms with van der Waals surface area (Å²) in [6.45, 7) is 1.82. The Morgan fingerprint density at radius 1 is 1.08 bits per heavy atom. The molecule has 1 heterocycles. The lowest BCUT2D eigenvalue weighted by Crippen LogP contribution is -2.39. The first-order chi connectivity index (χ1) is 12.1. The molecule has 1 amide bonds. The molecule has 2 aromatic rings. The largest absolute Gasteiger partial charge is 0.348 e. The average molecular weight is 339 g/mol. The van der Waals surface area contributed by atoms with Gasteiger partial charge in [0.05, 0.1) is 5.69 Å². The first-order valence-electron chi connectivity index (χ1n) is 9.12. The third-order valence-corrected chi connectivity index (χ3v) is 4.76. The van der Waals surface area contributed by atoms with Crippen LogP contribution in [0.25, 0.3) is 5.69 Å². The van der Waals surface area contributed by atoms with Gasteiger partial charge in [-0.25, -0.2) is 4.68 Å². The summed E-state index contributed by atoms with van der Waals surface area (Å²) in [7, 11) is 0. The van der Waals surface area contributed by atoms with Crippen LogP contribution in [0.3, 0.4) is 0 Å². The number of nitrogens with zero attached hydrogens (tertiary/aromatic N) is 2. The van der Waals surface area contributed by atoms with Crippen LogP contribution >= 0.6 is 0 Å². The third kappa shape index (κ3) is 4.35. The standard InChI is InChI=1S/C20H25N3O2/c1-15-14-18(24)19(22-23(15)17-12-8-5-9-13-17)20(25)21-16-10-6-3-2-4-7-11-16/h5,8-9,12-14,16H,2-4,6-7,10-11H2,1H3,(H,21,25). The summed E-state index contributed by atoms with van der Waals surface area (Å²) in [6.07, 6.45) is 7.92. The van der Waals surface area contributed by atoms with Crippen LogP contribution in [-0.2, 0) is 0 Å². The van der Waals surface area contributed by atoms with Gasteiger partial charge in [-0.3, -0.25) is 9.59 Å². The molecule has 0 atom stereocenters. The second kappa shape index (κ2) is 8.10. The van der Waals surface area contributed by atoms with E-state index in [2.05, 4.69) is 10.4 Å². The van der Waals surface area contributed by atoms with E-state index in [0.717, 1.165) is 31.4 Å². The Hall–Kier alpha value is -2.43. The summed E-state index contributed by atoms with van der Waals surface area (Å²) in [5.74, 6) is -0.361. The van der Waals surface area contributed by atoms with Gasteiger partial charge < -0.3 is 5.32 Å². The molecule has 0 aliphatic heterocycles. The maximum atomic E-state index is 12.6. The number of aromatic nitrogens is 2. The molecule has 1 aliphatic carbocycles. The zero-order valence-corrected chi connectivity index (χ0v) is 14.7. The molecule has 5 nitrogen and oxygen atoms in total. The van der Waals surface area contributed by atoms with Crippen LogP contribution in [0.2, 0.25) is 0 Å². The zero-order chi connectivity index (χ0) is 17.6. The first-order valence-corrected chi connectivity index (χ1v) is 9.12. The molecule has 0 bridgehead atoms. The van der Waals surface area contributed by atoms with Crippen molar-refractivity contribution >= 4 is 5.91 Å². The highest BCUT2D eigenvalue weighted by atomic mass is 16.2. The van der Waals surface area contributed by atoms with E-state index in [0.29, 0.717) is 5.69 Å². The van der Waals surface area contributed by atoms with Crippen molar-refractivity contribution < 1.29 is 4.79 Å². The number of hydrogen-bond donors (Lipinski definition) is 1. The Labute approximate surface area is 148 Å². The van der Waals surface area contributed by atoms with E-state index in [1.54, 1.807) is 4.68 Å². The van der Waals surface area contributed by atoms with Gasteiger partial charge in [-0.15, -0.1) is 0 Å². The molecular formula is C20H25N3O2. The van der Waals surface area contributed by atoms with Crippen LogP contribution in [-0.4, -0.2) is 21.7 Å². The predicted octanol–water partition coefficient (Wildman–Crippen LogP) is 3.38. The molecule has 1 N–H and O–H groups in total. The van der Waals surface area contributed by atoms with Crippen molar-refractivity contribution in [3.63, 3.8) is 0 Å². The molecule has 0 radical (unpaired) electrons. The minimum Gasteiger partial charge on any atom is -0.348 e. The minimum atomic E-state index is -0.361. The van der Waals surface area contributed by atoms with E-state index < -0.39 is 0 Å². The molecule has 0 spiro atoms. The Morgan fingerprint density at radius 3 is 2.40 bits per heavy atom. The molecule has 0 unspecified atom stereocenters. The number of amides is 1. The van der Waals surface area contributed by atoms with Gasteiger partial charge in [-0.2, -0.15) is 5.10 Å². The lowest BCUT2D eigenvalue weighted by Gasteiger charge is -2.21. The molecule has 1 aliphatic rings. The molecular weight excluding hydrogens is 314 g/mol. The minimum absolute atomic E-state index is 0.0310. The van der Waals surface area contributed by atoms with E-state index >= 15 is 0 Å². The van der Waals surface area contributed by atoms with Gasteiger partial charge in [0.2, 0.25) is 5.43 Å². The summed E-state index contributed by atoms with van der Waals surface area (Å²) in [5, 5.41) is 7.37. The van der Waals surface area contributed by atoms with Crippen LogP contribution < -0.4 is 10.7 Å². The third-order valence-electron chi connectivity index (χ3n) is 4.76. The van der Waals surface area contributed by atoms with Crippen LogP contribution in [0.4, 0.5) is 0 Å². The van der Waals surface area contributed by atoms with E-state index in [9.17, 15) is 9.59 Å². The second-order valence-electron chi connectivity index (χ2n) is 6.76. The van der Waals surface area contributed by atoms with Crippen molar-refractivity contribution in [3.8, 4) is 5.69 Å². The Morgan fingerprint density at radius 2 is 1.72 bits per heavy atom. The fraction of sp³-hybridized carbons (Fsp3) is 0.450. The van der Waals surface area contributed by atoms with E-state index in [4.69, 9.17) is 0 Å². The lowest BCUT2D eigenvalue weighted by molar-refractivity contribution is 0.0922. The van der Waals surface area contributed by atoms with Crippen LogP contribution in [0.15, 0.2) is 41.2 Å². The average Bonchev–Trinajstić information content (AvgIpc) is 2.58. The van der Waals surface area contributed by atoms with Gasteiger partial charge in [-0.05, 0) is 31.9 Å². The Balaban J connectivity index is 1.83. The Kier molecular flexibility index (Phi) is 5.64. The number of rotatable bonds is 3. The monoisotopic (exact) mass is 339 g/mol. The highest BCUT2D eigenvalue weighted by Crippen LogP contribution is 2.17. The number of nitrogens with one attached hydrogen (secondary N) is 1. The summed E-state index contributed by atoms with van der Waals surface area (Å²) >= 11 is 0. The number of carbonyl (C=O) groups is 1. The Bertz CT molecular complexity index is 775. The molecule has 1 aromatic carbocycles. The molecule has 132 valence electrons. The number of hydrogen-bond acceptors (Lipinski definition) is 3. The molecule has 1 aromatic heterocycles. The van der Waals surface area contributed by atoms with Gasteiger partial charge >= 0.3 is 0 Å². The van der Waals surface area contributed by atoms with Crippen molar-refractivity contribution in [1.29, 1.82) is 0 Å². The smallest absolute Gasteiger partial charge is 0.276 e. The van der Waals surface area contributed by atoms with Crippen LogP contribution in [0.1, 0.15) is 61.1 Å². The lowest BCUT2D eigenvalue weighted by atomic mass is 9.96. The maximum absolute atomic E-state index is 12.6. The van der Waals surface area contributed by atoms with E-state index in [-0.39, 0.29) is 23.1 Å². The SMILES string of the molecule is Cc1cc(=O)c(C(=O)NC2CCCCCCC2)nn1-c1ccccc1. The topological polar surface area (TPSA) is 64.0 Å². The normalized spacial score (nSPS) is 16.0. The molecule has 0 saturated heterocycles. The molecule has 1 saturated carbocycles. The van der Waals surface area contributed by atoms with E-state index in [1.165, 1.54) is 25.3 Å². The molecule has 25 heavy (non-hydrogen) atoms. The quantitative estimate of drug-likeness (QED) is 0.932. The number of carbonyl (C=O) groups excluding carboxylic acids is 1. The van der Waals surface area contributed by atoms with Crippen molar-refractivity contribution in [2.75, 3.05) is 0 Å². The highest BCUT2D eigenvalue weighted by Gasteiger charge is 2.19. The fourth-order valence-electron chi connectivity index (χ4n) is 3.39. The van der Waals surface area contributed by atoms with Gasteiger partial charge in [0.25, 0.3) is 5.91 Å². The second-order valence-corrected chi connectivity index (χ2v) is 6.76. The maximum Gasteiger partial charge on any atom is 0.276 e. The summed E-state index contributed by atoms with van der Waals surface area (Å²) in [4.78, 5) is 24.9. The van der Waals surface area contributed by atoms with Crippen molar-refractivity contribution in [1.82, 2.24) is 15.1 Å². The number of para-hydroxylation sites is 1. The van der Waals surface area contributed by atoms with Crippen molar-refractivity contribution in [2.24, 2.45) is 0 Å². The molecule has 3 rings (SSSR count). The fourth-order valence-corrected chi connectivity index (χ4v) is 3.39. The zero-order valence-electron chi connectivity index (χ0n) is 14.7. The summed E-state index contributed by atoms with van der Waals surface area (Å²) in [6, 6.07) is 11.2. The molecule has 1 fully saturated rings. The number of benzene rings is 1. The van der Waals surface area contributed by atoms with Crippen LogP contribution in [0.5, 0.6) is 0 Å². The van der Waals surface area contributed by atoms with E-state index in [1.807, 2.05) is 37.3 Å². The molecule has 5 heteroatoms. The predicted molar refractivity (Wildman–Crippen MR) is 98.1 cm³/mol. The van der Waals surface area contributed by atoms with Gasteiger partial charge in [-0.1, -0.05) is 50.3 Å².